The van der Waals surface area contributed by atoms with Crippen molar-refractivity contribution in [3.05, 3.63) is 35.4 Å². The second-order valence-corrected chi connectivity index (χ2v) is 4.15. The number of ether oxygens (including phenoxy) is 1. The maximum Gasteiger partial charge on any atom is 0.417 e. The fourth-order valence-electron chi connectivity index (χ4n) is 1.50. The van der Waals surface area contributed by atoms with Gasteiger partial charge in [0.15, 0.2) is 6.10 Å². The van der Waals surface area contributed by atoms with E-state index in [1.807, 2.05) is 0 Å². The molecule has 1 rings (SSSR count). The number of halogens is 3. The monoisotopic (exact) mass is 305 g/mol. The molecular weight excluding hydrogens is 291 g/mol. The summed E-state index contributed by atoms with van der Waals surface area (Å²) in [6.07, 6.45) is -5.67. The molecule has 1 atom stereocenters. The first-order chi connectivity index (χ1) is 9.73. The standard InChI is InChI=1S/C13H14F3NO4/c1-8(12(19)20)21-7-6-17-11(18)9-4-2-3-5-10(9)13(14,15)16/h2-5,8H,6-7H2,1H3,(H,17,18)(H,19,20). The number of hydrogen-bond acceptors (Lipinski definition) is 3. The van der Waals surface area contributed by atoms with E-state index >= 15 is 0 Å². The lowest BCUT2D eigenvalue weighted by Gasteiger charge is -2.13. The van der Waals surface area contributed by atoms with Gasteiger partial charge in [-0.1, -0.05) is 12.1 Å². The molecule has 0 saturated heterocycles. The summed E-state index contributed by atoms with van der Waals surface area (Å²) in [5, 5.41) is 10.8. The fraction of sp³-hybridized carbons (Fsp3) is 0.385. The summed E-state index contributed by atoms with van der Waals surface area (Å²) in [6, 6.07) is 4.40. The van der Waals surface area contributed by atoms with E-state index in [0.29, 0.717) is 0 Å². The molecule has 0 aliphatic carbocycles. The van der Waals surface area contributed by atoms with Crippen molar-refractivity contribution >= 4 is 11.9 Å². The van der Waals surface area contributed by atoms with E-state index in [2.05, 4.69) is 5.32 Å². The first kappa shape index (κ1) is 17.0. The highest BCUT2D eigenvalue weighted by molar-refractivity contribution is 5.95. The van der Waals surface area contributed by atoms with E-state index in [9.17, 15) is 22.8 Å². The number of hydrogen-bond donors (Lipinski definition) is 2. The van der Waals surface area contributed by atoms with Crippen molar-refractivity contribution in [3.63, 3.8) is 0 Å². The molecule has 1 aromatic carbocycles. The zero-order chi connectivity index (χ0) is 16.0. The average molecular weight is 305 g/mol. The zero-order valence-corrected chi connectivity index (χ0v) is 11.1. The van der Waals surface area contributed by atoms with Gasteiger partial charge in [-0.3, -0.25) is 4.79 Å². The number of nitrogens with one attached hydrogen (secondary N) is 1. The number of carbonyl (C=O) groups excluding carboxylic acids is 1. The van der Waals surface area contributed by atoms with Gasteiger partial charge in [-0.25, -0.2) is 4.79 Å². The van der Waals surface area contributed by atoms with Crippen LogP contribution < -0.4 is 5.32 Å². The summed E-state index contributed by atoms with van der Waals surface area (Å²) in [6.45, 7) is 1.10. The van der Waals surface area contributed by atoms with Crippen molar-refractivity contribution < 1.29 is 32.6 Å². The van der Waals surface area contributed by atoms with Gasteiger partial charge in [-0.05, 0) is 19.1 Å². The summed E-state index contributed by atoms with van der Waals surface area (Å²) >= 11 is 0. The first-order valence-corrected chi connectivity index (χ1v) is 6.02. The van der Waals surface area contributed by atoms with Crippen LogP contribution in [0.15, 0.2) is 24.3 Å². The molecule has 0 spiro atoms. The Labute approximate surface area is 118 Å². The second-order valence-electron chi connectivity index (χ2n) is 4.15. The van der Waals surface area contributed by atoms with Crippen LogP contribution in [0.25, 0.3) is 0 Å². The summed E-state index contributed by atoms with van der Waals surface area (Å²) < 4.78 is 43.0. The van der Waals surface area contributed by atoms with Gasteiger partial charge in [0.1, 0.15) is 0 Å². The summed E-state index contributed by atoms with van der Waals surface area (Å²) in [5.74, 6) is -2.06. The SMILES string of the molecule is CC(OCCNC(=O)c1ccccc1C(F)(F)F)C(=O)O. The van der Waals surface area contributed by atoms with Crippen LogP contribution in [0.4, 0.5) is 13.2 Å². The largest absolute Gasteiger partial charge is 0.479 e. The number of benzene rings is 1. The van der Waals surface area contributed by atoms with E-state index in [1.165, 1.54) is 19.1 Å². The van der Waals surface area contributed by atoms with Crippen LogP contribution in [-0.4, -0.2) is 36.2 Å². The van der Waals surface area contributed by atoms with Crippen molar-refractivity contribution in [3.8, 4) is 0 Å². The van der Waals surface area contributed by atoms with Gasteiger partial charge in [-0.15, -0.1) is 0 Å². The minimum atomic E-state index is -4.62. The average Bonchev–Trinajstić information content (AvgIpc) is 2.42. The van der Waals surface area contributed by atoms with Gasteiger partial charge in [-0.2, -0.15) is 13.2 Å². The smallest absolute Gasteiger partial charge is 0.417 e. The van der Waals surface area contributed by atoms with Gasteiger partial charge >= 0.3 is 12.1 Å². The Bertz CT molecular complexity index is 516. The van der Waals surface area contributed by atoms with Crippen LogP contribution in [0, 0.1) is 0 Å². The fourth-order valence-corrected chi connectivity index (χ4v) is 1.50. The number of aliphatic carboxylic acids is 1. The minimum absolute atomic E-state index is 0.0946. The number of carboxylic acids is 1. The van der Waals surface area contributed by atoms with E-state index in [0.717, 1.165) is 12.1 Å². The van der Waals surface area contributed by atoms with E-state index in [4.69, 9.17) is 9.84 Å². The third-order valence-electron chi connectivity index (χ3n) is 2.58. The van der Waals surface area contributed by atoms with Crippen LogP contribution >= 0.6 is 0 Å². The quantitative estimate of drug-likeness (QED) is 0.787. The molecule has 2 N–H and O–H groups in total. The topological polar surface area (TPSA) is 75.6 Å². The molecule has 0 radical (unpaired) electrons. The van der Waals surface area contributed by atoms with Crippen molar-refractivity contribution in [1.29, 1.82) is 0 Å². The van der Waals surface area contributed by atoms with Crippen molar-refractivity contribution in [1.82, 2.24) is 5.32 Å². The van der Waals surface area contributed by atoms with Crippen molar-refractivity contribution in [2.24, 2.45) is 0 Å². The molecule has 0 heterocycles. The molecular formula is C13H14F3NO4. The molecule has 0 aliphatic rings. The van der Waals surface area contributed by atoms with Crippen LogP contribution in [-0.2, 0) is 15.7 Å². The maximum absolute atomic E-state index is 12.7. The van der Waals surface area contributed by atoms with Gasteiger partial charge in [0.05, 0.1) is 17.7 Å². The van der Waals surface area contributed by atoms with Crippen LogP contribution in [0.2, 0.25) is 0 Å². The van der Waals surface area contributed by atoms with Crippen LogP contribution in [0.5, 0.6) is 0 Å². The molecule has 1 amide bonds. The molecule has 1 unspecified atom stereocenters. The molecule has 0 aromatic heterocycles. The molecule has 5 nitrogen and oxygen atoms in total. The molecule has 0 saturated carbocycles. The lowest BCUT2D eigenvalue weighted by Crippen LogP contribution is -2.31. The Kier molecular flexibility index (Phi) is 5.71. The van der Waals surface area contributed by atoms with E-state index in [-0.39, 0.29) is 13.2 Å². The minimum Gasteiger partial charge on any atom is -0.479 e. The third-order valence-corrected chi connectivity index (χ3v) is 2.58. The molecule has 8 heteroatoms. The lowest BCUT2D eigenvalue weighted by atomic mass is 10.1. The summed E-state index contributed by atoms with van der Waals surface area (Å²) in [7, 11) is 0. The Morgan fingerprint density at radius 1 is 1.33 bits per heavy atom. The Morgan fingerprint density at radius 2 is 1.95 bits per heavy atom. The van der Waals surface area contributed by atoms with Crippen molar-refractivity contribution in [2.45, 2.75) is 19.2 Å². The van der Waals surface area contributed by atoms with Gasteiger partial charge in [0.25, 0.3) is 5.91 Å². The van der Waals surface area contributed by atoms with Crippen LogP contribution in [0.1, 0.15) is 22.8 Å². The highest BCUT2D eigenvalue weighted by Crippen LogP contribution is 2.31. The molecule has 116 valence electrons. The normalized spacial score (nSPS) is 12.8. The summed E-state index contributed by atoms with van der Waals surface area (Å²) in [4.78, 5) is 22.2. The highest BCUT2D eigenvalue weighted by atomic mass is 19.4. The number of alkyl halides is 3. The Balaban J connectivity index is 2.59. The highest BCUT2D eigenvalue weighted by Gasteiger charge is 2.34. The third kappa shape index (κ3) is 5.07. The summed E-state index contributed by atoms with van der Waals surface area (Å²) in [5.41, 5.74) is -1.52. The molecule has 21 heavy (non-hydrogen) atoms. The van der Waals surface area contributed by atoms with E-state index in [1.54, 1.807) is 0 Å². The number of carboxylic acid groups (broad SMARTS) is 1. The predicted molar refractivity (Wildman–Crippen MR) is 66.8 cm³/mol. The molecule has 0 aliphatic heterocycles. The maximum atomic E-state index is 12.7. The van der Waals surface area contributed by atoms with Crippen molar-refractivity contribution in [2.75, 3.05) is 13.2 Å². The number of rotatable bonds is 6. The first-order valence-electron chi connectivity index (χ1n) is 6.02. The van der Waals surface area contributed by atoms with Gasteiger partial charge in [0.2, 0.25) is 0 Å². The van der Waals surface area contributed by atoms with Crippen LogP contribution in [0.3, 0.4) is 0 Å². The zero-order valence-electron chi connectivity index (χ0n) is 11.1. The van der Waals surface area contributed by atoms with E-state index < -0.39 is 35.3 Å². The van der Waals surface area contributed by atoms with Gasteiger partial charge in [0, 0.05) is 6.54 Å². The number of carbonyl (C=O) groups is 2. The second kappa shape index (κ2) is 7.07. The Morgan fingerprint density at radius 3 is 2.52 bits per heavy atom. The Hall–Kier alpha value is -2.09. The lowest BCUT2D eigenvalue weighted by molar-refractivity contribution is -0.149. The molecule has 0 fully saturated rings. The molecule has 0 bridgehead atoms. The molecule has 1 aromatic rings. The van der Waals surface area contributed by atoms with Gasteiger partial charge < -0.3 is 15.2 Å². The number of amides is 1. The predicted octanol–water partition coefficient (Wildman–Crippen LogP) is 1.92.